The van der Waals surface area contributed by atoms with Crippen LogP contribution in [0.15, 0.2) is 62.4 Å². The van der Waals surface area contributed by atoms with E-state index in [2.05, 4.69) is 37.4 Å². The highest BCUT2D eigenvalue weighted by molar-refractivity contribution is 8.44. The number of carbonyl (C=O) groups is 3. The van der Waals surface area contributed by atoms with Crippen molar-refractivity contribution in [3.05, 3.63) is 69.6 Å². The van der Waals surface area contributed by atoms with Crippen molar-refractivity contribution in [3.63, 3.8) is 0 Å². The van der Waals surface area contributed by atoms with Gasteiger partial charge in [0.15, 0.2) is 22.3 Å². The molecule has 4 N–H and O–H groups in total. The molecular formula is C51H65N4O12PS. The van der Waals surface area contributed by atoms with Crippen molar-refractivity contribution in [1.29, 1.82) is 0 Å². The first-order valence-corrected chi connectivity index (χ1v) is 25.7. The Morgan fingerprint density at radius 3 is 2.33 bits per heavy atom. The Kier molecular flexibility index (Phi) is 15.6. The number of aromatic nitrogens is 1. The number of ketones is 1. The third-order valence-corrected chi connectivity index (χ3v) is 15.2. The molecule has 0 spiro atoms. The number of Topliss-reactive ketones (excluding diaryl/α,β-unsaturated/α-hetero) is 1. The van der Waals surface area contributed by atoms with Gasteiger partial charge in [0, 0.05) is 111 Å². The number of aliphatic hydroxyl groups excluding tert-OH is 2. The molecule has 4 heterocycles. The fraction of sp³-hybridized carbons (Fsp3) is 0.510. The van der Waals surface area contributed by atoms with Crippen molar-refractivity contribution in [1.82, 2.24) is 9.88 Å². The molecule has 69 heavy (non-hydrogen) atoms. The fourth-order valence-corrected chi connectivity index (χ4v) is 10.8. The molecule has 1 aromatic heterocycles. The number of piperazine rings is 1. The van der Waals surface area contributed by atoms with Gasteiger partial charge in [-0.1, -0.05) is 68.2 Å². The lowest BCUT2D eigenvalue weighted by atomic mass is 9.78. The second kappa shape index (κ2) is 20.7. The van der Waals surface area contributed by atoms with Gasteiger partial charge in [0.1, 0.15) is 28.6 Å². The molecule has 7 rings (SSSR count). The van der Waals surface area contributed by atoms with Gasteiger partial charge >= 0.3 is 11.8 Å². The molecule has 1 amide bonds. The minimum absolute atomic E-state index is 0.00331. The number of nitrogens with one attached hydrogen (secondary N) is 1. The standard InChI is InChI=1S/C51H65N4O12PS/c1-24(2)23-54-16-18-55(19-17-54)32-21-34-39(35(22-32)69-68)52-40-36-37-44(59)30(8)47-38(36)49(61)51(10,67-47)64-20-15-33(63-11)27(5)46(65-31(9)56)29(7)43(58)28(6)42(57)25(3)13-12-14-26(4)50(62)53-41(45(37)60)48(40)66-34/h12-15,20-22,24-25,27-29,33,42-43,46,57-58,60H,16-19,23,68H2,1-11H3,(H,53,62). The van der Waals surface area contributed by atoms with E-state index in [0.29, 0.717) is 17.0 Å². The number of allylic oxidation sites excluding steroid dienone is 2. The average molecular weight is 989 g/mol. The lowest BCUT2D eigenvalue weighted by molar-refractivity contribution is -0.160. The lowest BCUT2D eigenvalue weighted by Gasteiger charge is -2.38. The van der Waals surface area contributed by atoms with Gasteiger partial charge in [-0.3, -0.25) is 24.1 Å². The van der Waals surface area contributed by atoms with Gasteiger partial charge in [0.05, 0.1) is 35.5 Å². The van der Waals surface area contributed by atoms with Crippen molar-refractivity contribution >= 4 is 81.8 Å². The summed E-state index contributed by atoms with van der Waals surface area (Å²) < 4.78 is 30.8. The molecule has 0 aliphatic carbocycles. The zero-order valence-electron chi connectivity index (χ0n) is 41.1. The number of hydrogen-bond donors (Lipinski definition) is 4. The van der Waals surface area contributed by atoms with Crippen molar-refractivity contribution in [2.75, 3.05) is 50.1 Å². The lowest BCUT2D eigenvalue weighted by Crippen LogP contribution is -2.47. The highest BCUT2D eigenvalue weighted by Gasteiger charge is 2.50. The van der Waals surface area contributed by atoms with Crippen LogP contribution >= 0.6 is 19.8 Å². The summed E-state index contributed by atoms with van der Waals surface area (Å²) in [5.74, 6) is -6.64. The molecule has 4 aromatic rings. The molecule has 3 aromatic carbocycles. The van der Waals surface area contributed by atoms with Gasteiger partial charge < -0.3 is 48.9 Å². The summed E-state index contributed by atoms with van der Waals surface area (Å²) in [6.07, 6.45) is 3.70. The van der Waals surface area contributed by atoms with E-state index < -0.39 is 82.7 Å². The number of fused-ring (bicyclic) bond motifs is 2. The Morgan fingerprint density at radius 2 is 1.70 bits per heavy atom. The summed E-state index contributed by atoms with van der Waals surface area (Å²) in [7, 11) is 4.11. The molecular weight excluding hydrogens is 924 g/mol. The Balaban J connectivity index is 1.44. The SMILES string of the molecule is COC1C=COC2(C)Oc3c(C)c(=O)c4c(O)c(c5oc6cc(N7CCN(CC(C)C)CC7)cc(SP)c6nc5c4c3C2=O)NC(=O)C(C)=CC=CC(C)C(O)C(C)C(O)C(C)C(OC(C)=O)C1C. The number of methoxy groups -OCH3 is 1. The highest BCUT2D eigenvalue weighted by Crippen LogP contribution is 2.49. The molecule has 10 atom stereocenters. The molecule has 0 saturated carbocycles. The number of anilines is 2. The van der Waals surface area contributed by atoms with Gasteiger partial charge in [-0.2, -0.15) is 0 Å². The molecule has 1 saturated heterocycles. The average Bonchev–Trinajstić information content (AvgIpc) is 3.58. The first-order valence-electron chi connectivity index (χ1n) is 23.4. The minimum atomic E-state index is -2.05. The quantitative estimate of drug-likeness (QED) is 0.0480. The molecule has 3 aliphatic rings. The van der Waals surface area contributed by atoms with Crippen LogP contribution in [0.3, 0.4) is 0 Å². The number of amides is 1. The third-order valence-electron chi connectivity index (χ3n) is 13.9. The van der Waals surface area contributed by atoms with E-state index in [-0.39, 0.29) is 50.0 Å². The van der Waals surface area contributed by atoms with Crippen LogP contribution in [-0.2, 0) is 23.8 Å². The number of carbonyl (C=O) groups excluding carboxylic acids is 3. The van der Waals surface area contributed by atoms with Gasteiger partial charge in [0.25, 0.3) is 11.7 Å². The first-order chi connectivity index (χ1) is 32.6. The zero-order valence-corrected chi connectivity index (χ0v) is 43.1. The maximum atomic E-state index is 14.9. The van der Waals surface area contributed by atoms with E-state index in [0.717, 1.165) is 43.3 Å². The van der Waals surface area contributed by atoms with Crippen LogP contribution in [0, 0.1) is 36.5 Å². The highest BCUT2D eigenvalue weighted by atomic mass is 32.7. The number of nitrogens with zero attached hydrogens (tertiary/aromatic N) is 3. The molecule has 16 nitrogen and oxygen atoms in total. The first kappa shape index (κ1) is 51.8. The van der Waals surface area contributed by atoms with Crippen LogP contribution in [0.2, 0.25) is 0 Å². The van der Waals surface area contributed by atoms with E-state index in [1.54, 1.807) is 46.8 Å². The van der Waals surface area contributed by atoms with Crippen molar-refractivity contribution in [2.24, 2.45) is 29.6 Å². The topological polar surface area (TPSA) is 210 Å². The van der Waals surface area contributed by atoms with Crippen molar-refractivity contribution in [2.45, 2.75) is 104 Å². The summed E-state index contributed by atoms with van der Waals surface area (Å²) in [6.45, 7) is 21.4. The molecule has 18 heteroatoms. The Bertz CT molecular complexity index is 2820. The maximum absolute atomic E-state index is 14.9. The predicted octanol–water partition coefficient (Wildman–Crippen LogP) is 7.66. The maximum Gasteiger partial charge on any atom is 0.312 e. The van der Waals surface area contributed by atoms with E-state index in [9.17, 15) is 34.5 Å². The Hall–Kier alpha value is -5.03. The van der Waals surface area contributed by atoms with Gasteiger partial charge in [-0.15, -0.1) is 11.4 Å². The zero-order chi connectivity index (χ0) is 50.4. The van der Waals surface area contributed by atoms with E-state index in [1.807, 2.05) is 12.1 Å². The van der Waals surface area contributed by atoms with Crippen LogP contribution in [-0.4, -0.2) is 113 Å². The predicted molar refractivity (Wildman–Crippen MR) is 271 cm³/mol. The van der Waals surface area contributed by atoms with Crippen LogP contribution < -0.4 is 20.4 Å². The number of phenols is 1. The Labute approximate surface area is 408 Å². The van der Waals surface area contributed by atoms with Gasteiger partial charge in [-0.05, 0) is 31.9 Å². The number of rotatable bonds is 6. The van der Waals surface area contributed by atoms with Crippen molar-refractivity contribution in [3.8, 4) is 11.5 Å². The summed E-state index contributed by atoms with van der Waals surface area (Å²) in [5, 5.41) is 37.9. The normalized spacial score (nSPS) is 27.6. The summed E-state index contributed by atoms with van der Waals surface area (Å²) >= 11 is 1.37. The Morgan fingerprint density at radius 1 is 1.00 bits per heavy atom. The smallest absolute Gasteiger partial charge is 0.312 e. The molecule has 372 valence electrons. The van der Waals surface area contributed by atoms with Gasteiger partial charge in [0.2, 0.25) is 0 Å². The monoisotopic (exact) mass is 988 g/mol. The van der Waals surface area contributed by atoms with Crippen LogP contribution in [0.25, 0.3) is 33.0 Å². The third kappa shape index (κ3) is 10.0. The van der Waals surface area contributed by atoms with Crippen LogP contribution in [0.5, 0.6) is 11.5 Å². The van der Waals surface area contributed by atoms with Crippen LogP contribution in [0.1, 0.15) is 78.2 Å². The number of ether oxygens (including phenoxy) is 4. The summed E-state index contributed by atoms with van der Waals surface area (Å²) in [4.78, 5) is 66.6. The van der Waals surface area contributed by atoms with E-state index in [1.165, 1.54) is 57.7 Å². The van der Waals surface area contributed by atoms with Gasteiger partial charge in [-0.25, -0.2) is 4.98 Å². The number of esters is 1. The van der Waals surface area contributed by atoms with E-state index in [4.69, 9.17) is 28.3 Å². The fourth-order valence-electron chi connectivity index (χ4n) is 9.84. The molecule has 4 bridgehead atoms. The number of benzene rings is 3. The summed E-state index contributed by atoms with van der Waals surface area (Å²) in [5.41, 5.74) is 0.764. The minimum Gasteiger partial charge on any atom is -0.505 e. The second-order valence-electron chi connectivity index (χ2n) is 19.3. The number of phenolic OH excluding ortho intramolecular Hbond substituents is 1. The number of aliphatic hydroxyl groups is 2. The van der Waals surface area contributed by atoms with Crippen LogP contribution in [0.4, 0.5) is 11.4 Å². The molecule has 1 fully saturated rings. The second-order valence-corrected chi connectivity index (χ2v) is 20.7. The summed E-state index contributed by atoms with van der Waals surface area (Å²) in [6, 6.07) is 3.89. The number of aromatic hydroxyl groups is 1. The molecule has 0 radical (unpaired) electrons. The number of hydrogen-bond acceptors (Lipinski definition) is 16. The molecule has 3 aliphatic heterocycles. The van der Waals surface area contributed by atoms with E-state index >= 15 is 0 Å². The van der Waals surface area contributed by atoms with Crippen molar-refractivity contribution < 1.29 is 53.1 Å². The largest absolute Gasteiger partial charge is 0.505 e. The molecule has 10 unspecified atom stereocenters.